The van der Waals surface area contributed by atoms with Gasteiger partial charge in [0.25, 0.3) is 5.91 Å². The van der Waals surface area contributed by atoms with Gasteiger partial charge in [0.15, 0.2) is 0 Å². The molecule has 0 aliphatic carbocycles. The first kappa shape index (κ1) is 26.4. The molecule has 7 heteroatoms. The van der Waals surface area contributed by atoms with Crippen molar-refractivity contribution in [2.45, 2.75) is 77.7 Å². The zero-order valence-corrected chi connectivity index (χ0v) is 22.4. The summed E-state index contributed by atoms with van der Waals surface area (Å²) < 4.78 is 5.80. The van der Waals surface area contributed by atoms with E-state index in [9.17, 15) is 9.59 Å². The number of pyridine rings is 1. The Morgan fingerprint density at radius 1 is 0.972 bits per heavy atom. The minimum absolute atomic E-state index is 0.0186. The number of nitrogens with zero attached hydrogens (tertiary/aromatic N) is 4. The number of hydrogen-bond acceptors (Lipinski definition) is 5. The third-order valence-electron chi connectivity index (χ3n) is 7.96. The van der Waals surface area contributed by atoms with Crippen LogP contribution in [-0.2, 0) is 11.2 Å². The molecule has 2 aromatic rings. The van der Waals surface area contributed by atoms with Crippen LogP contribution in [0.3, 0.4) is 0 Å². The van der Waals surface area contributed by atoms with Gasteiger partial charge in [-0.05, 0) is 87.7 Å². The lowest BCUT2D eigenvalue weighted by Crippen LogP contribution is -2.57. The van der Waals surface area contributed by atoms with Gasteiger partial charge in [-0.2, -0.15) is 0 Å². The van der Waals surface area contributed by atoms with Crippen LogP contribution < -0.4 is 0 Å². The van der Waals surface area contributed by atoms with Crippen LogP contribution in [0.15, 0.2) is 41.1 Å². The molecule has 0 N–H and O–H groups in total. The Morgan fingerprint density at radius 2 is 1.69 bits per heavy atom. The summed E-state index contributed by atoms with van der Waals surface area (Å²) in [5, 5.41) is 0. The molecule has 2 fully saturated rings. The molecule has 7 nitrogen and oxygen atoms in total. The van der Waals surface area contributed by atoms with Crippen molar-refractivity contribution >= 4 is 11.9 Å². The molecule has 3 amide bonds. The van der Waals surface area contributed by atoms with Crippen molar-refractivity contribution in [2.24, 2.45) is 5.92 Å². The monoisotopic (exact) mass is 494 g/mol. The molecule has 2 aromatic heterocycles. The van der Waals surface area contributed by atoms with Crippen molar-refractivity contribution in [3.05, 3.63) is 53.7 Å². The minimum atomic E-state index is -0.678. The SMILES string of the molecule is Cc1ccc([C@H](C)CCN2CCC3(CC2)C(=O)N(CCCc2ccncc2)C(=O)N3CCC(C)C)o1. The van der Waals surface area contributed by atoms with E-state index in [1.807, 2.05) is 30.0 Å². The van der Waals surface area contributed by atoms with Crippen molar-refractivity contribution in [1.29, 1.82) is 0 Å². The highest BCUT2D eigenvalue weighted by molar-refractivity contribution is 6.07. The Kier molecular flexibility index (Phi) is 8.50. The molecule has 196 valence electrons. The van der Waals surface area contributed by atoms with Gasteiger partial charge in [0, 0.05) is 44.5 Å². The fourth-order valence-electron chi connectivity index (χ4n) is 5.53. The van der Waals surface area contributed by atoms with Crippen LogP contribution in [0.25, 0.3) is 0 Å². The molecule has 0 aromatic carbocycles. The van der Waals surface area contributed by atoms with Crippen LogP contribution in [-0.4, -0.2) is 69.9 Å². The molecule has 2 saturated heterocycles. The van der Waals surface area contributed by atoms with E-state index in [0.717, 1.165) is 56.8 Å². The Hall–Kier alpha value is -2.67. The first-order valence-corrected chi connectivity index (χ1v) is 13.6. The molecule has 2 aliphatic rings. The fourth-order valence-corrected chi connectivity index (χ4v) is 5.53. The Balaban J connectivity index is 1.37. The molecular formula is C29H42N4O3. The number of urea groups is 1. The normalized spacial score (nSPS) is 19.1. The van der Waals surface area contributed by atoms with Crippen molar-refractivity contribution in [1.82, 2.24) is 19.7 Å². The van der Waals surface area contributed by atoms with Gasteiger partial charge >= 0.3 is 6.03 Å². The van der Waals surface area contributed by atoms with E-state index in [1.165, 1.54) is 5.56 Å². The van der Waals surface area contributed by atoms with Gasteiger partial charge in [-0.25, -0.2) is 4.79 Å². The number of hydrogen-bond donors (Lipinski definition) is 0. The number of piperidine rings is 1. The molecular weight excluding hydrogens is 452 g/mol. The number of aromatic nitrogens is 1. The average molecular weight is 495 g/mol. The lowest BCUT2D eigenvalue weighted by Gasteiger charge is -2.42. The molecule has 0 unspecified atom stereocenters. The highest BCUT2D eigenvalue weighted by Crippen LogP contribution is 2.38. The number of furan rings is 1. The van der Waals surface area contributed by atoms with Crippen molar-refractivity contribution in [3.8, 4) is 0 Å². The Morgan fingerprint density at radius 3 is 2.33 bits per heavy atom. The number of carbonyl (C=O) groups excluding carboxylic acids is 2. The summed E-state index contributed by atoms with van der Waals surface area (Å²) in [5.41, 5.74) is 0.505. The van der Waals surface area contributed by atoms with Crippen molar-refractivity contribution < 1.29 is 14.0 Å². The third-order valence-corrected chi connectivity index (χ3v) is 7.96. The van der Waals surface area contributed by atoms with Crippen LogP contribution >= 0.6 is 0 Å². The summed E-state index contributed by atoms with van der Waals surface area (Å²) in [4.78, 5) is 37.2. The molecule has 36 heavy (non-hydrogen) atoms. The number of likely N-dealkylation sites (tertiary alicyclic amines) is 1. The van der Waals surface area contributed by atoms with Gasteiger partial charge in [0.2, 0.25) is 0 Å². The van der Waals surface area contributed by atoms with Gasteiger partial charge in [-0.15, -0.1) is 0 Å². The molecule has 2 aliphatic heterocycles. The van der Waals surface area contributed by atoms with E-state index in [-0.39, 0.29) is 11.9 Å². The zero-order chi connectivity index (χ0) is 25.7. The smallest absolute Gasteiger partial charge is 0.327 e. The maximum Gasteiger partial charge on any atom is 0.327 e. The van der Waals surface area contributed by atoms with Crippen LogP contribution in [0, 0.1) is 12.8 Å². The third kappa shape index (κ3) is 5.83. The zero-order valence-electron chi connectivity index (χ0n) is 22.4. The topological polar surface area (TPSA) is 69.9 Å². The van der Waals surface area contributed by atoms with Gasteiger partial charge < -0.3 is 14.2 Å². The summed E-state index contributed by atoms with van der Waals surface area (Å²) in [7, 11) is 0. The van der Waals surface area contributed by atoms with E-state index in [1.54, 1.807) is 17.3 Å². The second kappa shape index (κ2) is 11.6. The van der Waals surface area contributed by atoms with Gasteiger partial charge in [0.1, 0.15) is 17.1 Å². The number of imide groups is 1. The molecule has 1 atom stereocenters. The van der Waals surface area contributed by atoms with Crippen LogP contribution in [0.2, 0.25) is 0 Å². The summed E-state index contributed by atoms with van der Waals surface area (Å²) in [6.07, 6.45) is 8.53. The lowest BCUT2D eigenvalue weighted by molar-refractivity contribution is -0.135. The largest absolute Gasteiger partial charge is 0.466 e. The molecule has 0 radical (unpaired) electrons. The minimum Gasteiger partial charge on any atom is -0.466 e. The second-order valence-electron chi connectivity index (χ2n) is 11.0. The van der Waals surface area contributed by atoms with Crippen molar-refractivity contribution in [3.63, 3.8) is 0 Å². The molecule has 0 bridgehead atoms. The average Bonchev–Trinajstić information content (AvgIpc) is 3.38. The van der Waals surface area contributed by atoms with Crippen LogP contribution in [0.4, 0.5) is 4.79 Å². The van der Waals surface area contributed by atoms with Crippen LogP contribution in [0.5, 0.6) is 0 Å². The quantitative estimate of drug-likeness (QED) is 0.399. The highest BCUT2D eigenvalue weighted by Gasteiger charge is 2.57. The van der Waals surface area contributed by atoms with E-state index < -0.39 is 5.54 Å². The maximum atomic E-state index is 13.8. The van der Waals surface area contributed by atoms with E-state index in [2.05, 4.69) is 36.7 Å². The first-order chi connectivity index (χ1) is 17.3. The van der Waals surface area contributed by atoms with Gasteiger partial charge in [0.05, 0.1) is 0 Å². The Bertz CT molecular complexity index is 1010. The van der Waals surface area contributed by atoms with E-state index in [0.29, 0.717) is 37.8 Å². The van der Waals surface area contributed by atoms with E-state index >= 15 is 0 Å². The molecule has 1 spiro atoms. The summed E-state index contributed by atoms with van der Waals surface area (Å²) in [5.74, 6) is 2.86. The fraction of sp³-hybridized carbons (Fsp3) is 0.621. The number of carbonyl (C=O) groups is 2. The van der Waals surface area contributed by atoms with Gasteiger partial charge in [-0.3, -0.25) is 14.7 Å². The summed E-state index contributed by atoms with van der Waals surface area (Å²) in [6.45, 7) is 12.3. The predicted molar refractivity (Wildman–Crippen MR) is 141 cm³/mol. The number of amides is 3. The van der Waals surface area contributed by atoms with Crippen molar-refractivity contribution in [2.75, 3.05) is 32.7 Å². The molecule has 4 heterocycles. The summed E-state index contributed by atoms with van der Waals surface area (Å²) >= 11 is 0. The molecule has 0 saturated carbocycles. The number of aryl methyl sites for hydroxylation is 2. The standard InChI is InChI=1S/C29H42N4O3/c1-22(2)11-19-33-28(35)32(17-5-6-25-9-15-30-16-10-25)27(34)29(33)13-20-31(21-14-29)18-12-23(3)26-8-7-24(4)36-26/h7-10,15-16,22-23H,5-6,11-14,17-21H2,1-4H3/t23-/m1/s1. The van der Waals surface area contributed by atoms with Crippen LogP contribution in [0.1, 0.15) is 75.9 Å². The first-order valence-electron chi connectivity index (χ1n) is 13.6. The number of rotatable bonds is 11. The summed E-state index contributed by atoms with van der Waals surface area (Å²) in [6, 6.07) is 7.99. The molecule has 4 rings (SSSR count). The van der Waals surface area contributed by atoms with E-state index in [4.69, 9.17) is 4.42 Å². The van der Waals surface area contributed by atoms with Gasteiger partial charge in [-0.1, -0.05) is 20.8 Å². The lowest BCUT2D eigenvalue weighted by atomic mass is 9.85. The maximum absolute atomic E-state index is 13.8. The second-order valence-corrected chi connectivity index (χ2v) is 11.0. The highest BCUT2D eigenvalue weighted by atomic mass is 16.3. The Labute approximate surface area is 215 Å². The predicted octanol–water partition coefficient (Wildman–Crippen LogP) is 5.25.